The Morgan fingerprint density at radius 1 is 1.33 bits per heavy atom. The lowest BCUT2D eigenvalue weighted by molar-refractivity contribution is 0.0692. The van der Waals surface area contributed by atoms with Gasteiger partial charge >= 0.3 is 5.97 Å². The van der Waals surface area contributed by atoms with Crippen LogP contribution in [0.2, 0.25) is 0 Å². The van der Waals surface area contributed by atoms with Crippen LogP contribution in [0.25, 0.3) is 0 Å². The standard InChI is InChI=1S/C14H12BrFN2O3/c1-21-13-3-2-7(15)4-12(13)18-11-6-9(16)8(14(19)20)5-10(11)17/h2-6,18H,17H2,1H3,(H,19,20). The molecule has 0 radical (unpaired) electrons. The third-order valence-corrected chi connectivity index (χ3v) is 3.29. The number of nitrogens with two attached hydrogens (primary N) is 1. The highest BCUT2D eigenvalue weighted by Gasteiger charge is 2.15. The first-order chi connectivity index (χ1) is 9.92. The third-order valence-electron chi connectivity index (χ3n) is 2.80. The van der Waals surface area contributed by atoms with E-state index >= 15 is 0 Å². The Labute approximate surface area is 128 Å². The van der Waals surface area contributed by atoms with Crippen molar-refractivity contribution >= 4 is 39.0 Å². The average Bonchev–Trinajstić information content (AvgIpc) is 2.42. The molecule has 5 nitrogen and oxygen atoms in total. The zero-order valence-corrected chi connectivity index (χ0v) is 12.6. The molecule has 2 rings (SSSR count). The zero-order valence-electron chi connectivity index (χ0n) is 11.0. The molecular weight excluding hydrogens is 343 g/mol. The summed E-state index contributed by atoms with van der Waals surface area (Å²) < 4.78 is 19.7. The number of carbonyl (C=O) groups is 1. The summed E-state index contributed by atoms with van der Waals surface area (Å²) in [6.45, 7) is 0. The number of methoxy groups -OCH3 is 1. The number of nitrogen functional groups attached to an aromatic ring is 1. The third kappa shape index (κ3) is 3.25. The summed E-state index contributed by atoms with van der Waals surface area (Å²) in [6, 6.07) is 7.37. The minimum Gasteiger partial charge on any atom is -0.495 e. The molecule has 0 aromatic heterocycles. The smallest absolute Gasteiger partial charge is 0.338 e. The lowest BCUT2D eigenvalue weighted by atomic mass is 10.1. The van der Waals surface area contributed by atoms with Crippen molar-refractivity contribution in [1.29, 1.82) is 0 Å². The summed E-state index contributed by atoms with van der Waals surface area (Å²) in [5.74, 6) is -1.70. The fourth-order valence-electron chi connectivity index (χ4n) is 1.79. The van der Waals surface area contributed by atoms with Gasteiger partial charge in [0.1, 0.15) is 11.6 Å². The SMILES string of the molecule is COc1ccc(Br)cc1Nc1cc(F)c(C(=O)O)cc1N. The molecule has 0 heterocycles. The van der Waals surface area contributed by atoms with Crippen molar-refractivity contribution in [3.63, 3.8) is 0 Å². The highest BCUT2D eigenvalue weighted by atomic mass is 79.9. The second-order valence-corrected chi connectivity index (χ2v) is 5.11. The van der Waals surface area contributed by atoms with Gasteiger partial charge in [0.15, 0.2) is 0 Å². The molecule has 0 amide bonds. The molecule has 21 heavy (non-hydrogen) atoms. The molecular formula is C14H12BrFN2O3. The van der Waals surface area contributed by atoms with Gasteiger partial charge in [0.2, 0.25) is 0 Å². The van der Waals surface area contributed by atoms with Crippen LogP contribution in [0.15, 0.2) is 34.8 Å². The van der Waals surface area contributed by atoms with Gasteiger partial charge in [-0.3, -0.25) is 0 Å². The normalized spacial score (nSPS) is 10.2. The van der Waals surface area contributed by atoms with E-state index in [-0.39, 0.29) is 11.4 Å². The molecule has 4 N–H and O–H groups in total. The van der Waals surface area contributed by atoms with Gasteiger partial charge in [-0.25, -0.2) is 9.18 Å². The number of rotatable bonds is 4. The van der Waals surface area contributed by atoms with Crippen molar-refractivity contribution in [3.8, 4) is 5.75 Å². The van der Waals surface area contributed by atoms with Crippen LogP contribution >= 0.6 is 15.9 Å². The van der Waals surface area contributed by atoms with Crippen LogP contribution in [0.3, 0.4) is 0 Å². The highest BCUT2D eigenvalue weighted by molar-refractivity contribution is 9.10. The monoisotopic (exact) mass is 354 g/mol. The Kier molecular flexibility index (Phi) is 4.32. The molecule has 2 aromatic carbocycles. The van der Waals surface area contributed by atoms with E-state index in [0.29, 0.717) is 11.4 Å². The van der Waals surface area contributed by atoms with Crippen LogP contribution in [0, 0.1) is 5.82 Å². The van der Waals surface area contributed by atoms with Gasteiger partial charge in [0, 0.05) is 10.5 Å². The predicted octanol–water partition coefficient (Wildman–Crippen LogP) is 3.62. The number of halogens is 2. The molecule has 0 atom stereocenters. The summed E-state index contributed by atoms with van der Waals surface area (Å²) in [7, 11) is 1.51. The lowest BCUT2D eigenvalue weighted by Gasteiger charge is -2.14. The maximum absolute atomic E-state index is 13.7. The van der Waals surface area contributed by atoms with E-state index in [1.165, 1.54) is 7.11 Å². The lowest BCUT2D eigenvalue weighted by Crippen LogP contribution is -2.05. The van der Waals surface area contributed by atoms with Crippen molar-refractivity contribution < 1.29 is 19.0 Å². The molecule has 0 saturated carbocycles. The number of nitrogens with one attached hydrogen (secondary N) is 1. The average molecular weight is 355 g/mol. The van der Waals surface area contributed by atoms with E-state index in [2.05, 4.69) is 21.2 Å². The second-order valence-electron chi connectivity index (χ2n) is 4.19. The van der Waals surface area contributed by atoms with E-state index in [1.807, 2.05) is 0 Å². The van der Waals surface area contributed by atoms with Crippen LogP contribution in [0.4, 0.5) is 21.5 Å². The molecule has 0 unspecified atom stereocenters. The predicted molar refractivity (Wildman–Crippen MR) is 81.7 cm³/mol. The molecule has 2 aromatic rings. The fraction of sp³-hybridized carbons (Fsp3) is 0.0714. The van der Waals surface area contributed by atoms with Gasteiger partial charge in [-0.2, -0.15) is 0 Å². The van der Waals surface area contributed by atoms with Crippen LogP contribution in [-0.2, 0) is 0 Å². The molecule has 0 spiro atoms. The van der Waals surface area contributed by atoms with Crippen molar-refractivity contribution in [3.05, 3.63) is 46.2 Å². The molecule has 0 bridgehead atoms. The maximum atomic E-state index is 13.7. The summed E-state index contributed by atoms with van der Waals surface area (Å²) >= 11 is 3.32. The molecule has 0 aliphatic carbocycles. The topological polar surface area (TPSA) is 84.6 Å². The Morgan fingerprint density at radius 2 is 2.05 bits per heavy atom. The van der Waals surface area contributed by atoms with Gasteiger partial charge in [-0.1, -0.05) is 15.9 Å². The number of hydrogen-bond donors (Lipinski definition) is 3. The molecule has 0 aliphatic heterocycles. The van der Waals surface area contributed by atoms with Gasteiger partial charge < -0.3 is 20.9 Å². The summed E-state index contributed by atoms with van der Waals surface area (Å²) in [4.78, 5) is 10.8. The Balaban J connectivity index is 2.43. The summed E-state index contributed by atoms with van der Waals surface area (Å²) in [5.41, 5.74) is 6.24. The van der Waals surface area contributed by atoms with Crippen molar-refractivity contribution in [2.75, 3.05) is 18.2 Å². The van der Waals surface area contributed by atoms with E-state index in [0.717, 1.165) is 16.6 Å². The van der Waals surface area contributed by atoms with E-state index < -0.39 is 17.3 Å². The molecule has 110 valence electrons. The zero-order chi connectivity index (χ0) is 15.6. The minimum absolute atomic E-state index is 0.121. The van der Waals surface area contributed by atoms with E-state index in [4.69, 9.17) is 15.6 Å². The first kappa shape index (κ1) is 15.1. The van der Waals surface area contributed by atoms with Gasteiger partial charge in [-0.15, -0.1) is 0 Å². The van der Waals surface area contributed by atoms with E-state index in [1.54, 1.807) is 18.2 Å². The molecule has 7 heteroatoms. The number of hydrogen-bond acceptors (Lipinski definition) is 4. The van der Waals surface area contributed by atoms with Gasteiger partial charge in [-0.05, 0) is 24.3 Å². The Hall–Kier alpha value is -2.28. The van der Waals surface area contributed by atoms with Crippen molar-refractivity contribution in [2.45, 2.75) is 0 Å². The fourth-order valence-corrected chi connectivity index (χ4v) is 2.15. The highest BCUT2D eigenvalue weighted by Crippen LogP contribution is 2.33. The van der Waals surface area contributed by atoms with Crippen LogP contribution < -0.4 is 15.8 Å². The number of aromatic carboxylic acids is 1. The quantitative estimate of drug-likeness (QED) is 0.730. The number of benzene rings is 2. The van der Waals surface area contributed by atoms with Crippen molar-refractivity contribution in [1.82, 2.24) is 0 Å². The summed E-state index contributed by atoms with van der Waals surface area (Å²) in [5, 5.41) is 11.8. The maximum Gasteiger partial charge on any atom is 0.338 e. The van der Waals surface area contributed by atoms with Gasteiger partial charge in [0.05, 0.1) is 29.7 Å². The largest absolute Gasteiger partial charge is 0.495 e. The van der Waals surface area contributed by atoms with Crippen molar-refractivity contribution in [2.24, 2.45) is 0 Å². The first-order valence-electron chi connectivity index (χ1n) is 5.85. The van der Waals surface area contributed by atoms with Gasteiger partial charge in [0.25, 0.3) is 0 Å². The Bertz CT molecular complexity index is 707. The number of ether oxygens (including phenoxy) is 1. The first-order valence-corrected chi connectivity index (χ1v) is 6.64. The second kappa shape index (κ2) is 6.01. The Morgan fingerprint density at radius 3 is 2.67 bits per heavy atom. The van der Waals surface area contributed by atoms with Crippen LogP contribution in [0.1, 0.15) is 10.4 Å². The van der Waals surface area contributed by atoms with Crippen LogP contribution in [-0.4, -0.2) is 18.2 Å². The summed E-state index contributed by atoms with van der Waals surface area (Å²) in [6.07, 6.45) is 0. The number of carboxylic acid groups (broad SMARTS) is 1. The minimum atomic E-state index is -1.37. The number of carboxylic acids is 1. The van der Waals surface area contributed by atoms with E-state index in [9.17, 15) is 9.18 Å². The number of anilines is 3. The molecule has 0 saturated heterocycles. The molecule has 0 fully saturated rings. The molecule has 0 aliphatic rings. The van der Waals surface area contributed by atoms with Crippen LogP contribution in [0.5, 0.6) is 5.75 Å².